The minimum atomic E-state index is -3.54. The Labute approximate surface area is 255 Å². The monoisotopic (exact) mass is 632 g/mol. The Bertz CT molecular complexity index is 1590. The molecule has 0 N–H and O–H groups in total. The van der Waals surface area contributed by atoms with Crippen LogP contribution >= 0.6 is 0 Å². The van der Waals surface area contributed by atoms with Gasteiger partial charge in [0.15, 0.2) is 34.7 Å². The second-order valence-electron chi connectivity index (χ2n) is 10.9. The normalized spacial score (nSPS) is 17.9. The Morgan fingerprint density at radius 2 is 1.34 bits per heavy atom. The van der Waals surface area contributed by atoms with Crippen LogP contribution in [0, 0.1) is 36.2 Å². The van der Waals surface area contributed by atoms with Gasteiger partial charge in [0, 0.05) is 51.0 Å². The summed E-state index contributed by atoms with van der Waals surface area (Å²) in [6, 6.07) is 12.6. The van der Waals surface area contributed by atoms with E-state index in [-0.39, 0.29) is 54.4 Å². The molecule has 1 heterocycles. The summed E-state index contributed by atoms with van der Waals surface area (Å²) in [7, 11) is 0.402. The van der Waals surface area contributed by atoms with Gasteiger partial charge in [-0.15, -0.1) is 0 Å². The molecule has 8 nitrogen and oxygen atoms in total. The van der Waals surface area contributed by atoms with Crippen LogP contribution in [0.25, 0.3) is 0 Å². The molecule has 0 spiro atoms. The van der Waals surface area contributed by atoms with E-state index < -0.39 is 56.8 Å². The number of nitrogens with zero attached hydrogens (tertiary/aromatic N) is 2. The van der Waals surface area contributed by atoms with Crippen molar-refractivity contribution in [2.45, 2.75) is 12.8 Å². The van der Waals surface area contributed by atoms with Gasteiger partial charge in [0.05, 0.1) is 31.6 Å². The third-order valence-electron chi connectivity index (χ3n) is 8.31. The summed E-state index contributed by atoms with van der Waals surface area (Å²) in [6.45, 7) is 1.67. The number of rotatable bonds is 11. The van der Waals surface area contributed by atoms with Crippen LogP contribution in [0.3, 0.4) is 0 Å². The van der Waals surface area contributed by atoms with Gasteiger partial charge in [-0.2, -0.15) is 0 Å². The van der Waals surface area contributed by atoms with Gasteiger partial charge in [0.25, 0.3) is 0 Å². The highest BCUT2D eigenvalue weighted by molar-refractivity contribution is 7.88. The van der Waals surface area contributed by atoms with Gasteiger partial charge in [-0.3, -0.25) is 9.59 Å². The summed E-state index contributed by atoms with van der Waals surface area (Å²) in [5.74, 6) is -7.11. The SMILES string of the molecule is COc1cccc(C(=O)[C@H]2CN(CCN(C)S(C)(=O)=O)C[C@H](C(=O)c3cccc(OC)c3F)C2c2cccc(F)c2C)c1F. The fourth-order valence-corrected chi connectivity index (χ4v) is 6.21. The van der Waals surface area contributed by atoms with E-state index in [1.807, 2.05) is 0 Å². The van der Waals surface area contributed by atoms with Crippen molar-refractivity contribution in [3.05, 3.63) is 94.3 Å². The molecule has 0 unspecified atom stereocenters. The zero-order valence-corrected chi connectivity index (χ0v) is 26.0. The number of Topliss-reactive ketones (excluding diaryl/α,β-unsaturated/α-hetero) is 2. The largest absolute Gasteiger partial charge is 0.494 e. The number of hydrogen-bond acceptors (Lipinski definition) is 7. The van der Waals surface area contributed by atoms with Crippen molar-refractivity contribution in [3.63, 3.8) is 0 Å². The summed E-state index contributed by atoms with van der Waals surface area (Å²) < 4.78 is 81.4. The molecule has 44 heavy (non-hydrogen) atoms. The maximum Gasteiger partial charge on any atom is 0.210 e. The van der Waals surface area contributed by atoms with Crippen molar-refractivity contribution in [1.82, 2.24) is 9.21 Å². The van der Waals surface area contributed by atoms with E-state index in [1.165, 1.54) is 76.7 Å². The molecule has 3 aromatic rings. The molecule has 1 aliphatic rings. The van der Waals surface area contributed by atoms with Crippen LogP contribution in [0.1, 0.15) is 37.8 Å². The van der Waals surface area contributed by atoms with E-state index in [9.17, 15) is 22.4 Å². The molecule has 236 valence electrons. The molecule has 1 aliphatic heterocycles. The van der Waals surface area contributed by atoms with Gasteiger partial charge in [-0.1, -0.05) is 24.3 Å². The summed E-state index contributed by atoms with van der Waals surface area (Å²) in [6.07, 6.45) is 1.06. The molecule has 0 amide bonds. The van der Waals surface area contributed by atoms with Crippen LogP contribution in [0.5, 0.6) is 11.5 Å². The average Bonchev–Trinajstić information content (AvgIpc) is 3.00. The number of ether oxygens (including phenoxy) is 2. The van der Waals surface area contributed by atoms with E-state index >= 15 is 8.78 Å². The minimum absolute atomic E-state index is 0.00191. The highest BCUT2D eigenvalue weighted by Gasteiger charge is 2.46. The lowest BCUT2D eigenvalue weighted by Gasteiger charge is -2.44. The number of hydrogen-bond donors (Lipinski definition) is 0. The fraction of sp³-hybridized carbons (Fsp3) is 0.375. The van der Waals surface area contributed by atoms with E-state index in [0.717, 1.165) is 10.6 Å². The van der Waals surface area contributed by atoms with Gasteiger partial charge in [0.2, 0.25) is 10.0 Å². The first-order valence-corrected chi connectivity index (χ1v) is 15.8. The number of methoxy groups -OCH3 is 2. The lowest BCUT2D eigenvalue weighted by atomic mass is 9.67. The number of carbonyl (C=O) groups is 2. The summed E-state index contributed by atoms with van der Waals surface area (Å²) in [5, 5.41) is 0. The molecule has 0 aromatic heterocycles. The van der Waals surface area contributed by atoms with Gasteiger partial charge in [0.1, 0.15) is 5.82 Å². The van der Waals surface area contributed by atoms with Crippen LogP contribution < -0.4 is 9.47 Å². The number of sulfonamides is 1. The Morgan fingerprint density at radius 1 is 0.864 bits per heavy atom. The Balaban J connectivity index is 1.90. The standard InChI is InChI=1S/C32H35F3N2O6S/c1-19-20(9-6-12-25(19)33)28-23(31(38)21-10-7-13-26(42-3)29(21)34)17-37(16-15-36(2)44(5,40)41)18-24(28)32(39)22-11-8-14-27(43-4)30(22)35/h6-14,23-24,28H,15-18H2,1-5H3/t23-,24-/m0/s1. The highest BCUT2D eigenvalue weighted by Crippen LogP contribution is 2.43. The molecule has 1 saturated heterocycles. The van der Waals surface area contributed by atoms with Crippen molar-refractivity contribution in [2.75, 3.05) is 53.7 Å². The van der Waals surface area contributed by atoms with Crippen LogP contribution in [-0.4, -0.2) is 82.9 Å². The van der Waals surface area contributed by atoms with Crippen molar-refractivity contribution in [2.24, 2.45) is 11.8 Å². The number of halogens is 3. The first-order valence-electron chi connectivity index (χ1n) is 13.9. The van der Waals surface area contributed by atoms with Crippen molar-refractivity contribution < 1.29 is 40.7 Å². The lowest BCUT2D eigenvalue weighted by molar-refractivity contribution is 0.0560. The first kappa shape index (κ1) is 33.2. The number of likely N-dealkylation sites (tertiary alicyclic amines) is 1. The molecule has 2 atom stereocenters. The summed E-state index contributed by atoms with van der Waals surface area (Å²) >= 11 is 0. The first-order chi connectivity index (χ1) is 20.8. The Hall–Kier alpha value is -3.74. The van der Waals surface area contributed by atoms with Crippen molar-refractivity contribution in [1.29, 1.82) is 0 Å². The summed E-state index contributed by atoms with van der Waals surface area (Å²) in [5.41, 5.74) is 0.0151. The molecular formula is C32H35F3N2O6S. The molecule has 0 radical (unpaired) electrons. The third kappa shape index (κ3) is 6.67. The number of likely N-dealkylation sites (N-methyl/N-ethyl adjacent to an activating group) is 1. The maximum absolute atomic E-state index is 15.5. The molecule has 3 aromatic carbocycles. The third-order valence-corrected chi connectivity index (χ3v) is 9.63. The minimum Gasteiger partial charge on any atom is -0.494 e. The molecule has 4 rings (SSSR count). The molecule has 0 saturated carbocycles. The number of ketones is 2. The van der Waals surface area contributed by atoms with E-state index in [2.05, 4.69) is 0 Å². The Kier molecular flexibility index (Phi) is 10.2. The van der Waals surface area contributed by atoms with Gasteiger partial charge in [-0.05, 0) is 48.4 Å². The average molecular weight is 633 g/mol. The van der Waals surface area contributed by atoms with Crippen LogP contribution in [0.15, 0.2) is 54.6 Å². The zero-order chi connectivity index (χ0) is 32.3. The van der Waals surface area contributed by atoms with Crippen LogP contribution in [0.2, 0.25) is 0 Å². The second kappa shape index (κ2) is 13.5. The number of benzene rings is 3. The summed E-state index contributed by atoms with van der Waals surface area (Å²) in [4.78, 5) is 30.2. The Morgan fingerprint density at radius 3 is 1.80 bits per heavy atom. The number of carbonyl (C=O) groups excluding carboxylic acids is 2. The van der Waals surface area contributed by atoms with Gasteiger partial charge < -0.3 is 14.4 Å². The second-order valence-corrected chi connectivity index (χ2v) is 13.0. The highest BCUT2D eigenvalue weighted by atomic mass is 32.2. The predicted molar refractivity (Wildman–Crippen MR) is 159 cm³/mol. The smallest absolute Gasteiger partial charge is 0.210 e. The zero-order valence-electron chi connectivity index (χ0n) is 25.1. The topological polar surface area (TPSA) is 93.2 Å². The van der Waals surface area contributed by atoms with E-state index in [1.54, 1.807) is 11.0 Å². The van der Waals surface area contributed by atoms with E-state index in [4.69, 9.17) is 9.47 Å². The lowest BCUT2D eigenvalue weighted by Crippen LogP contribution is -2.52. The number of piperidine rings is 1. The van der Waals surface area contributed by atoms with Crippen molar-refractivity contribution in [3.8, 4) is 11.5 Å². The predicted octanol–water partition coefficient (Wildman–Crippen LogP) is 4.72. The van der Waals surface area contributed by atoms with Gasteiger partial charge in [-0.25, -0.2) is 25.9 Å². The van der Waals surface area contributed by atoms with E-state index in [0.29, 0.717) is 5.56 Å². The molecule has 12 heteroatoms. The van der Waals surface area contributed by atoms with Crippen molar-refractivity contribution >= 4 is 21.6 Å². The molecule has 0 bridgehead atoms. The fourth-order valence-electron chi connectivity index (χ4n) is 5.80. The van der Waals surface area contributed by atoms with Gasteiger partial charge >= 0.3 is 0 Å². The quantitative estimate of drug-likeness (QED) is 0.283. The molecule has 0 aliphatic carbocycles. The maximum atomic E-state index is 15.5. The van der Waals surface area contributed by atoms with Crippen LogP contribution in [-0.2, 0) is 10.0 Å². The molecular weight excluding hydrogens is 597 g/mol. The molecule has 1 fully saturated rings. The van der Waals surface area contributed by atoms with Crippen LogP contribution in [0.4, 0.5) is 13.2 Å².